The third-order valence-corrected chi connectivity index (χ3v) is 2.42. The van der Waals surface area contributed by atoms with Crippen molar-refractivity contribution >= 4 is 0 Å². The highest BCUT2D eigenvalue weighted by molar-refractivity contribution is 5.27. The van der Waals surface area contributed by atoms with Crippen LogP contribution < -0.4 is 5.73 Å². The molecule has 0 aliphatic heterocycles. The van der Waals surface area contributed by atoms with Gasteiger partial charge in [0.2, 0.25) is 0 Å². The van der Waals surface area contributed by atoms with Crippen LogP contribution in [-0.4, -0.2) is 24.9 Å². The lowest BCUT2D eigenvalue weighted by atomic mass is 10.1. The highest BCUT2D eigenvalue weighted by atomic mass is 19.4. The van der Waals surface area contributed by atoms with Crippen molar-refractivity contribution in [2.75, 3.05) is 19.8 Å². The van der Waals surface area contributed by atoms with Gasteiger partial charge in [0, 0.05) is 19.8 Å². The number of halogens is 3. The van der Waals surface area contributed by atoms with E-state index in [1.54, 1.807) is 6.07 Å². The SMILES string of the molecule is NCC(OCCCO)c1cccc(C(F)(F)F)c1. The molecule has 0 radical (unpaired) electrons. The van der Waals surface area contributed by atoms with E-state index in [1.165, 1.54) is 6.07 Å². The summed E-state index contributed by atoms with van der Waals surface area (Å²) in [5.74, 6) is 0. The Morgan fingerprint density at radius 1 is 1.33 bits per heavy atom. The van der Waals surface area contributed by atoms with Crippen LogP contribution in [0.4, 0.5) is 13.2 Å². The molecular weight excluding hydrogens is 247 g/mol. The fraction of sp³-hybridized carbons (Fsp3) is 0.500. The normalized spacial score (nSPS) is 13.6. The Morgan fingerprint density at radius 3 is 2.61 bits per heavy atom. The molecular formula is C12H16F3NO2. The molecule has 3 nitrogen and oxygen atoms in total. The molecule has 0 saturated heterocycles. The number of hydrogen-bond acceptors (Lipinski definition) is 3. The maximum absolute atomic E-state index is 12.5. The van der Waals surface area contributed by atoms with E-state index in [0.717, 1.165) is 12.1 Å². The minimum Gasteiger partial charge on any atom is -0.396 e. The first kappa shape index (κ1) is 14.9. The second-order valence-corrected chi connectivity index (χ2v) is 3.80. The van der Waals surface area contributed by atoms with Gasteiger partial charge in [0.05, 0.1) is 11.7 Å². The maximum atomic E-state index is 12.5. The molecule has 1 aromatic rings. The van der Waals surface area contributed by atoms with E-state index in [4.69, 9.17) is 15.6 Å². The quantitative estimate of drug-likeness (QED) is 0.773. The zero-order valence-electron chi connectivity index (χ0n) is 9.78. The maximum Gasteiger partial charge on any atom is 0.416 e. The van der Waals surface area contributed by atoms with Crippen molar-refractivity contribution in [1.29, 1.82) is 0 Å². The molecule has 0 spiro atoms. The highest BCUT2D eigenvalue weighted by Crippen LogP contribution is 2.31. The Hall–Kier alpha value is -1.11. The average Bonchev–Trinajstić information content (AvgIpc) is 2.34. The van der Waals surface area contributed by atoms with Crippen LogP contribution in [-0.2, 0) is 10.9 Å². The summed E-state index contributed by atoms with van der Waals surface area (Å²) in [6.45, 7) is 0.321. The third-order valence-electron chi connectivity index (χ3n) is 2.42. The second kappa shape index (κ2) is 6.72. The zero-order chi connectivity index (χ0) is 13.6. The minimum atomic E-state index is -4.37. The van der Waals surface area contributed by atoms with Crippen LogP contribution in [0.2, 0.25) is 0 Å². The van der Waals surface area contributed by atoms with Gasteiger partial charge in [-0.25, -0.2) is 0 Å². The molecule has 1 aromatic carbocycles. The number of hydrogen-bond donors (Lipinski definition) is 2. The van der Waals surface area contributed by atoms with Crippen molar-refractivity contribution in [1.82, 2.24) is 0 Å². The fourth-order valence-electron chi connectivity index (χ4n) is 1.51. The molecule has 1 atom stereocenters. The molecule has 0 aromatic heterocycles. The third kappa shape index (κ3) is 4.29. The molecule has 0 aliphatic carbocycles. The highest BCUT2D eigenvalue weighted by Gasteiger charge is 2.30. The Bertz CT molecular complexity index is 369. The van der Waals surface area contributed by atoms with Crippen molar-refractivity contribution in [2.45, 2.75) is 18.7 Å². The first-order chi connectivity index (χ1) is 8.49. The van der Waals surface area contributed by atoms with Crippen molar-refractivity contribution < 1.29 is 23.0 Å². The number of benzene rings is 1. The van der Waals surface area contributed by atoms with Crippen LogP contribution in [0.5, 0.6) is 0 Å². The molecule has 102 valence electrons. The molecule has 1 rings (SSSR count). The van der Waals surface area contributed by atoms with Crippen LogP contribution in [0.3, 0.4) is 0 Å². The minimum absolute atomic E-state index is 0.0279. The van der Waals surface area contributed by atoms with E-state index < -0.39 is 17.8 Å². The van der Waals surface area contributed by atoms with Gasteiger partial charge in [0.25, 0.3) is 0 Å². The smallest absolute Gasteiger partial charge is 0.396 e. The van der Waals surface area contributed by atoms with Crippen LogP contribution in [0.25, 0.3) is 0 Å². The van der Waals surface area contributed by atoms with E-state index in [1.807, 2.05) is 0 Å². The van der Waals surface area contributed by atoms with Gasteiger partial charge in [-0.1, -0.05) is 12.1 Å². The largest absolute Gasteiger partial charge is 0.416 e. The molecule has 0 fully saturated rings. The van der Waals surface area contributed by atoms with Gasteiger partial charge in [-0.3, -0.25) is 0 Å². The van der Waals surface area contributed by atoms with E-state index in [-0.39, 0.29) is 19.8 Å². The molecule has 1 unspecified atom stereocenters. The number of nitrogens with two attached hydrogens (primary N) is 1. The van der Waals surface area contributed by atoms with Crippen molar-refractivity contribution in [3.05, 3.63) is 35.4 Å². The summed E-state index contributed by atoms with van der Waals surface area (Å²) >= 11 is 0. The van der Waals surface area contributed by atoms with Crippen LogP contribution in [0.1, 0.15) is 23.7 Å². The lowest BCUT2D eigenvalue weighted by Crippen LogP contribution is -2.17. The van der Waals surface area contributed by atoms with Crippen molar-refractivity contribution in [2.24, 2.45) is 5.73 Å². The number of ether oxygens (including phenoxy) is 1. The molecule has 18 heavy (non-hydrogen) atoms. The molecule has 0 bridgehead atoms. The summed E-state index contributed by atoms with van der Waals surface area (Å²) in [6.07, 6.45) is -4.53. The predicted molar refractivity (Wildman–Crippen MR) is 60.9 cm³/mol. The topological polar surface area (TPSA) is 55.5 Å². The van der Waals surface area contributed by atoms with E-state index in [0.29, 0.717) is 12.0 Å². The summed E-state index contributed by atoms with van der Waals surface area (Å²) < 4.78 is 42.9. The number of aliphatic hydroxyl groups excluding tert-OH is 1. The second-order valence-electron chi connectivity index (χ2n) is 3.80. The summed E-state index contributed by atoms with van der Waals surface area (Å²) in [7, 11) is 0. The monoisotopic (exact) mass is 263 g/mol. The standard InChI is InChI=1S/C12H16F3NO2/c13-12(14,15)10-4-1-3-9(7-10)11(8-16)18-6-2-5-17/h1,3-4,7,11,17H,2,5-6,8,16H2. The molecule has 0 saturated carbocycles. The van der Waals surface area contributed by atoms with Crippen molar-refractivity contribution in [3.63, 3.8) is 0 Å². The van der Waals surface area contributed by atoms with Gasteiger partial charge in [-0.15, -0.1) is 0 Å². The molecule has 3 N–H and O–H groups in total. The van der Waals surface area contributed by atoms with Gasteiger partial charge < -0.3 is 15.6 Å². The summed E-state index contributed by atoms with van der Waals surface area (Å²) in [5.41, 5.74) is 5.15. The Labute approximate surface area is 103 Å². The predicted octanol–water partition coefficient (Wildman–Crippen LogP) is 2.10. The first-order valence-corrected chi connectivity index (χ1v) is 5.58. The average molecular weight is 263 g/mol. The van der Waals surface area contributed by atoms with Crippen LogP contribution >= 0.6 is 0 Å². The summed E-state index contributed by atoms with van der Waals surface area (Å²) in [5, 5.41) is 8.61. The fourth-order valence-corrected chi connectivity index (χ4v) is 1.51. The van der Waals surface area contributed by atoms with Gasteiger partial charge in [-0.05, 0) is 24.1 Å². The van der Waals surface area contributed by atoms with Gasteiger partial charge in [0.1, 0.15) is 0 Å². The molecule has 0 heterocycles. The number of rotatable bonds is 6. The Kier molecular flexibility index (Phi) is 5.58. The summed E-state index contributed by atoms with van der Waals surface area (Å²) in [4.78, 5) is 0. The van der Waals surface area contributed by atoms with Crippen molar-refractivity contribution in [3.8, 4) is 0 Å². The van der Waals surface area contributed by atoms with Gasteiger partial charge in [-0.2, -0.15) is 13.2 Å². The van der Waals surface area contributed by atoms with Crippen LogP contribution in [0, 0.1) is 0 Å². The number of alkyl halides is 3. The van der Waals surface area contributed by atoms with E-state index >= 15 is 0 Å². The van der Waals surface area contributed by atoms with E-state index in [2.05, 4.69) is 0 Å². The Balaban J connectivity index is 2.79. The van der Waals surface area contributed by atoms with Gasteiger partial charge >= 0.3 is 6.18 Å². The summed E-state index contributed by atoms with van der Waals surface area (Å²) in [6, 6.07) is 4.92. The zero-order valence-corrected chi connectivity index (χ0v) is 9.78. The molecule has 6 heteroatoms. The molecule has 0 aliphatic rings. The van der Waals surface area contributed by atoms with Gasteiger partial charge in [0.15, 0.2) is 0 Å². The van der Waals surface area contributed by atoms with Crippen LogP contribution in [0.15, 0.2) is 24.3 Å². The van der Waals surface area contributed by atoms with E-state index in [9.17, 15) is 13.2 Å². The Morgan fingerprint density at radius 2 is 2.06 bits per heavy atom. The molecule has 0 amide bonds. The first-order valence-electron chi connectivity index (χ1n) is 5.58. The lowest BCUT2D eigenvalue weighted by molar-refractivity contribution is -0.137. The lowest BCUT2D eigenvalue weighted by Gasteiger charge is -2.17. The number of aliphatic hydroxyl groups is 1.